The van der Waals surface area contributed by atoms with Gasteiger partial charge in [-0.1, -0.05) is 36.8 Å². The van der Waals surface area contributed by atoms with Gasteiger partial charge in [-0.3, -0.25) is 4.79 Å². The fraction of sp³-hybridized carbons (Fsp3) is 0.333. The summed E-state index contributed by atoms with van der Waals surface area (Å²) in [6.45, 7) is 4.58. The summed E-state index contributed by atoms with van der Waals surface area (Å²) in [6, 6.07) is 6.61. The van der Waals surface area contributed by atoms with Gasteiger partial charge in [0.2, 0.25) is 0 Å². The number of aryl methyl sites for hydroxylation is 1. The molecule has 0 radical (unpaired) electrons. The molecule has 2 rings (SSSR count). The minimum Gasteiger partial charge on any atom is -0.315 e. The van der Waals surface area contributed by atoms with E-state index in [1.54, 1.807) is 23.1 Å². The molecule has 20 heavy (non-hydrogen) atoms. The van der Waals surface area contributed by atoms with Gasteiger partial charge in [0, 0.05) is 6.54 Å². The van der Waals surface area contributed by atoms with Gasteiger partial charge in [0.05, 0.1) is 16.3 Å². The van der Waals surface area contributed by atoms with Crippen molar-refractivity contribution in [1.82, 2.24) is 4.98 Å². The first kappa shape index (κ1) is 14.7. The highest BCUT2D eigenvalue weighted by molar-refractivity contribution is 7.17. The monoisotopic (exact) mass is 292 g/mol. The summed E-state index contributed by atoms with van der Waals surface area (Å²) in [5.41, 5.74) is 1.29. The third-order valence-electron chi connectivity index (χ3n) is 3.00. The normalized spacial score (nSPS) is 10.6. The quantitative estimate of drug-likeness (QED) is 0.748. The SMILES string of the molecule is CCCc1nc(N(CC)c2ccccc2F)sc1C=O. The minimum atomic E-state index is -0.283. The predicted molar refractivity (Wildman–Crippen MR) is 80.6 cm³/mol. The maximum absolute atomic E-state index is 13.9. The number of benzene rings is 1. The Morgan fingerprint density at radius 1 is 1.35 bits per heavy atom. The lowest BCUT2D eigenvalue weighted by molar-refractivity contribution is 0.112. The predicted octanol–water partition coefficient (Wildman–Crippen LogP) is 4.21. The Hall–Kier alpha value is -1.75. The van der Waals surface area contributed by atoms with Gasteiger partial charge in [-0.25, -0.2) is 9.37 Å². The fourth-order valence-corrected chi connectivity index (χ4v) is 3.06. The van der Waals surface area contributed by atoms with Gasteiger partial charge in [0.1, 0.15) is 5.82 Å². The number of aromatic nitrogens is 1. The first-order chi connectivity index (χ1) is 9.71. The number of para-hydroxylation sites is 1. The van der Waals surface area contributed by atoms with Crippen molar-refractivity contribution in [2.75, 3.05) is 11.4 Å². The number of nitrogens with zero attached hydrogens (tertiary/aromatic N) is 2. The average molecular weight is 292 g/mol. The molecule has 0 unspecified atom stereocenters. The number of carbonyl (C=O) groups is 1. The van der Waals surface area contributed by atoms with Crippen LogP contribution >= 0.6 is 11.3 Å². The van der Waals surface area contributed by atoms with Crippen LogP contribution in [0.3, 0.4) is 0 Å². The standard InChI is InChI=1S/C15H17FN2OS/c1-3-7-12-14(10-19)20-15(17-12)18(4-2)13-9-6-5-8-11(13)16/h5-6,8-10H,3-4,7H2,1-2H3. The Balaban J connectivity index is 2.42. The summed E-state index contributed by atoms with van der Waals surface area (Å²) in [7, 11) is 0. The lowest BCUT2D eigenvalue weighted by Crippen LogP contribution is -2.17. The van der Waals surface area contributed by atoms with Crippen LogP contribution in [-0.2, 0) is 6.42 Å². The van der Waals surface area contributed by atoms with Gasteiger partial charge in [-0.05, 0) is 25.5 Å². The topological polar surface area (TPSA) is 33.2 Å². The summed E-state index contributed by atoms with van der Waals surface area (Å²) >= 11 is 1.32. The molecule has 1 aromatic carbocycles. The molecule has 0 aliphatic heterocycles. The molecule has 0 atom stereocenters. The van der Waals surface area contributed by atoms with Crippen LogP contribution in [0, 0.1) is 5.82 Å². The number of halogens is 1. The largest absolute Gasteiger partial charge is 0.315 e. The third kappa shape index (κ3) is 2.88. The number of anilines is 2. The zero-order valence-corrected chi connectivity index (χ0v) is 12.4. The smallest absolute Gasteiger partial charge is 0.190 e. The number of hydrogen-bond acceptors (Lipinski definition) is 4. The second-order valence-electron chi connectivity index (χ2n) is 4.37. The maximum Gasteiger partial charge on any atom is 0.190 e. The average Bonchev–Trinajstić information content (AvgIpc) is 2.85. The molecule has 1 heterocycles. The summed E-state index contributed by atoms with van der Waals surface area (Å²) in [5.74, 6) is -0.283. The zero-order valence-electron chi connectivity index (χ0n) is 11.6. The summed E-state index contributed by atoms with van der Waals surface area (Å²) in [4.78, 5) is 18.0. The molecule has 0 N–H and O–H groups in total. The Bertz CT molecular complexity index is 597. The van der Waals surface area contributed by atoms with Gasteiger partial charge in [0.25, 0.3) is 0 Å². The van der Waals surface area contributed by atoms with Gasteiger partial charge in [0.15, 0.2) is 11.4 Å². The summed E-state index contributed by atoms with van der Waals surface area (Å²) < 4.78 is 13.9. The van der Waals surface area contributed by atoms with Crippen LogP contribution in [0.15, 0.2) is 24.3 Å². The van der Waals surface area contributed by atoms with Crippen LogP contribution in [0.25, 0.3) is 0 Å². The van der Waals surface area contributed by atoms with E-state index in [-0.39, 0.29) is 5.82 Å². The number of aldehydes is 1. The molecule has 0 saturated carbocycles. The van der Waals surface area contributed by atoms with Gasteiger partial charge >= 0.3 is 0 Å². The molecular weight excluding hydrogens is 275 g/mol. The van der Waals surface area contributed by atoms with E-state index >= 15 is 0 Å². The highest BCUT2D eigenvalue weighted by Gasteiger charge is 2.18. The van der Waals surface area contributed by atoms with Crippen LogP contribution in [0.4, 0.5) is 15.2 Å². The molecule has 3 nitrogen and oxygen atoms in total. The highest BCUT2D eigenvalue weighted by atomic mass is 32.1. The molecular formula is C15H17FN2OS. The van der Waals surface area contributed by atoms with Crippen LogP contribution in [0.1, 0.15) is 35.6 Å². The summed E-state index contributed by atoms with van der Waals surface area (Å²) in [6.07, 6.45) is 2.52. The van der Waals surface area contributed by atoms with Crippen molar-refractivity contribution in [3.8, 4) is 0 Å². The van der Waals surface area contributed by atoms with E-state index in [0.29, 0.717) is 22.2 Å². The third-order valence-corrected chi connectivity index (χ3v) is 4.05. The van der Waals surface area contributed by atoms with E-state index in [2.05, 4.69) is 4.98 Å². The molecule has 5 heteroatoms. The van der Waals surface area contributed by atoms with Gasteiger partial charge in [-0.2, -0.15) is 0 Å². The molecule has 0 aliphatic rings. The number of rotatable bonds is 6. The number of thiazole rings is 1. The van der Waals surface area contributed by atoms with E-state index in [9.17, 15) is 9.18 Å². The minimum absolute atomic E-state index is 0.283. The van der Waals surface area contributed by atoms with Crippen molar-refractivity contribution in [3.05, 3.63) is 40.7 Å². The molecule has 2 aromatic rings. The van der Waals surface area contributed by atoms with Crippen molar-refractivity contribution < 1.29 is 9.18 Å². The van der Waals surface area contributed by atoms with Crippen LogP contribution in [0.5, 0.6) is 0 Å². The molecule has 0 saturated heterocycles. The van der Waals surface area contributed by atoms with Gasteiger partial charge in [-0.15, -0.1) is 0 Å². The second kappa shape index (κ2) is 6.61. The van der Waals surface area contributed by atoms with Crippen molar-refractivity contribution in [2.45, 2.75) is 26.7 Å². The van der Waals surface area contributed by atoms with E-state index in [1.165, 1.54) is 17.4 Å². The molecule has 0 fully saturated rings. The van der Waals surface area contributed by atoms with Crippen molar-refractivity contribution in [1.29, 1.82) is 0 Å². The Morgan fingerprint density at radius 2 is 2.10 bits per heavy atom. The van der Waals surface area contributed by atoms with Crippen LogP contribution < -0.4 is 4.90 Å². The Kier molecular flexibility index (Phi) is 4.84. The van der Waals surface area contributed by atoms with Crippen LogP contribution in [0.2, 0.25) is 0 Å². The molecule has 1 aromatic heterocycles. The van der Waals surface area contributed by atoms with E-state index in [4.69, 9.17) is 0 Å². The zero-order chi connectivity index (χ0) is 14.5. The van der Waals surface area contributed by atoms with E-state index in [1.807, 2.05) is 13.8 Å². The van der Waals surface area contributed by atoms with Crippen molar-refractivity contribution in [3.63, 3.8) is 0 Å². The lowest BCUT2D eigenvalue weighted by atomic mass is 10.2. The molecule has 0 bridgehead atoms. The lowest BCUT2D eigenvalue weighted by Gasteiger charge is -2.20. The summed E-state index contributed by atoms with van der Waals surface area (Å²) in [5, 5.41) is 0.670. The van der Waals surface area contributed by atoms with Crippen molar-refractivity contribution >= 4 is 28.4 Å². The Labute approximate surface area is 122 Å². The molecule has 0 aliphatic carbocycles. The second-order valence-corrected chi connectivity index (χ2v) is 5.38. The highest BCUT2D eigenvalue weighted by Crippen LogP contribution is 2.32. The molecule has 0 amide bonds. The van der Waals surface area contributed by atoms with Crippen molar-refractivity contribution in [2.24, 2.45) is 0 Å². The van der Waals surface area contributed by atoms with E-state index < -0.39 is 0 Å². The maximum atomic E-state index is 13.9. The molecule has 0 spiro atoms. The number of carbonyl (C=O) groups excluding carboxylic acids is 1. The first-order valence-corrected chi connectivity index (χ1v) is 7.49. The first-order valence-electron chi connectivity index (χ1n) is 6.68. The van der Waals surface area contributed by atoms with E-state index in [0.717, 1.165) is 24.8 Å². The Morgan fingerprint density at radius 3 is 2.70 bits per heavy atom. The number of hydrogen-bond donors (Lipinski definition) is 0. The fourth-order valence-electron chi connectivity index (χ4n) is 2.05. The molecule has 106 valence electrons. The van der Waals surface area contributed by atoms with Gasteiger partial charge < -0.3 is 4.90 Å². The van der Waals surface area contributed by atoms with Crippen LogP contribution in [-0.4, -0.2) is 17.8 Å².